The monoisotopic (exact) mass is 627 g/mol. The fraction of sp³-hybridized carbons (Fsp3) is 0.0789. The highest BCUT2D eigenvalue weighted by atomic mass is 32.2. The summed E-state index contributed by atoms with van der Waals surface area (Å²) in [5.41, 5.74) is 3.38. The molecule has 0 aliphatic rings. The lowest BCUT2D eigenvalue weighted by molar-refractivity contribution is -0.115. The molecule has 0 aromatic heterocycles. The van der Waals surface area contributed by atoms with Gasteiger partial charge in [-0.05, 0) is 91.4 Å². The SMILES string of the molecule is CCOc1ccc(/C=C(\NC(=O)c2ccccc2)C(=O)Nc2ccc(SCC(=O)N(c3ccccc3)c3ccccc3)cc2)cc1. The van der Waals surface area contributed by atoms with E-state index in [1.165, 1.54) is 11.8 Å². The maximum Gasteiger partial charge on any atom is 0.272 e. The van der Waals surface area contributed by atoms with Crippen molar-refractivity contribution < 1.29 is 19.1 Å². The highest BCUT2D eigenvalue weighted by Crippen LogP contribution is 2.28. The van der Waals surface area contributed by atoms with Crippen molar-refractivity contribution in [3.8, 4) is 5.75 Å². The third-order valence-corrected chi connectivity index (χ3v) is 7.78. The number of benzene rings is 5. The number of anilines is 3. The predicted octanol–water partition coefficient (Wildman–Crippen LogP) is 7.95. The van der Waals surface area contributed by atoms with Crippen LogP contribution in [0.25, 0.3) is 6.08 Å². The van der Waals surface area contributed by atoms with E-state index in [-0.39, 0.29) is 17.4 Å². The van der Waals surface area contributed by atoms with Crippen LogP contribution in [0.5, 0.6) is 5.75 Å². The van der Waals surface area contributed by atoms with Gasteiger partial charge in [-0.15, -0.1) is 11.8 Å². The average Bonchev–Trinajstić information content (AvgIpc) is 3.10. The van der Waals surface area contributed by atoms with Gasteiger partial charge in [0.15, 0.2) is 0 Å². The Balaban J connectivity index is 1.27. The van der Waals surface area contributed by atoms with E-state index < -0.39 is 11.8 Å². The van der Waals surface area contributed by atoms with Crippen molar-refractivity contribution in [2.75, 3.05) is 22.6 Å². The third kappa shape index (κ3) is 8.74. The molecule has 0 radical (unpaired) electrons. The van der Waals surface area contributed by atoms with Crippen LogP contribution in [-0.4, -0.2) is 30.1 Å². The number of nitrogens with one attached hydrogen (secondary N) is 2. The molecule has 3 amide bonds. The summed E-state index contributed by atoms with van der Waals surface area (Å²) in [4.78, 5) is 42.4. The first-order valence-corrected chi connectivity index (χ1v) is 15.8. The molecule has 0 aliphatic heterocycles. The fourth-order valence-electron chi connectivity index (χ4n) is 4.57. The number of para-hydroxylation sites is 2. The molecule has 0 aliphatic carbocycles. The lowest BCUT2D eigenvalue weighted by atomic mass is 10.1. The molecule has 5 aromatic carbocycles. The van der Waals surface area contributed by atoms with E-state index in [1.807, 2.05) is 110 Å². The Hall–Kier alpha value is -5.60. The van der Waals surface area contributed by atoms with Gasteiger partial charge < -0.3 is 15.4 Å². The van der Waals surface area contributed by atoms with Crippen molar-refractivity contribution in [1.82, 2.24) is 5.32 Å². The number of thioether (sulfide) groups is 1. The largest absolute Gasteiger partial charge is 0.494 e. The first-order chi connectivity index (χ1) is 22.5. The van der Waals surface area contributed by atoms with Crippen molar-refractivity contribution in [3.05, 3.63) is 156 Å². The van der Waals surface area contributed by atoms with E-state index in [2.05, 4.69) is 10.6 Å². The Bertz CT molecular complexity index is 1740. The molecule has 7 nitrogen and oxygen atoms in total. The Morgan fingerprint density at radius 1 is 0.717 bits per heavy atom. The zero-order chi connectivity index (χ0) is 32.1. The van der Waals surface area contributed by atoms with E-state index in [0.717, 1.165) is 21.8 Å². The molecular formula is C38H33N3O4S. The Kier molecular flexibility index (Phi) is 11.0. The molecule has 0 unspecified atom stereocenters. The van der Waals surface area contributed by atoms with Gasteiger partial charge >= 0.3 is 0 Å². The summed E-state index contributed by atoms with van der Waals surface area (Å²) in [5, 5.41) is 5.63. The van der Waals surface area contributed by atoms with Crippen LogP contribution in [0.2, 0.25) is 0 Å². The van der Waals surface area contributed by atoms with Crippen LogP contribution in [0.3, 0.4) is 0 Å². The first-order valence-electron chi connectivity index (χ1n) is 14.8. The topological polar surface area (TPSA) is 87.7 Å². The highest BCUT2D eigenvalue weighted by molar-refractivity contribution is 8.00. The quantitative estimate of drug-likeness (QED) is 0.108. The molecule has 2 N–H and O–H groups in total. The standard InChI is InChI=1S/C38H33N3O4S/c1-2-45-33-22-18-28(19-23-33)26-35(40-37(43)29-12-6-3-7-13-29)38(44)39-30-20-24-34(25-21-30)46-27-36(42)41(31-14-8-4-9-15-31)32-16-10-5-11-17-32/h3-26H,2,27H2,1H3,(H,39,44)(H,40,43)/b35-26-. The maximum atomic E-state index is 13.4. The number of hydrogen-bond donors (Lipinski definition) is 2. The minimum atomic E-state index is -0.477. The number of carbonyl (C=O) groups excluding carboxylic acids is 3. The van der Waals surface area contributed by atoms with Gasteiger partial charge in [-0.1, -0.05) is 66.7 Å². The van der Waals surface area contributed by atoms with Gasteiger partial charge in [0.05, 0.1) is 12.4 Å². The third-order valence-electron chi connectivity index (χ3n) is 6.78. The summed E-state index contributed by atoms with van der Waals surface area (Å²) in [6.07, 6.45) is 1.62. The predicted molar refractivity (Wildman–Crippen MR) is 185 cm³/mol. The fourth-order valence-corrected chi connectivity index (χ4v) is 5.32. The van der Waals surface area contributed by atoms with Crippen LogP contribution in [0.15, 0.2) is 150 Å². The van der Waals surface area contributed by atoms with Crippen molar-refractivity contribution in [1.29, 1.82) is 0 Å². The molecule has 0 saturated carbocycles. The number of ether oxygens (including phenoxy) is 1. The molecule has 46 heavy (non-hydrogen) atoms. The highest BCUT2D eigenvalue weighted by Gasteiger charge is 2.18. The minimum Gasteiger partial charge on any atom is -0.494 e. The molecule has 0 saturated heterocycles. The van der Waals surface area contributed by atoms with Crippen LogP contribution >= 0.6 is 11.8 Å². The Morgan fingerprint density at radius 2 is 1.28 bits per heavy atom. The van der Waals surface area contributed by atoms with Crippen LogP contribution in [0.4, 0.5) is 17.1 Å². The van der Waals surface area contributed by atoms with E-state index in [1.54, 1.807) is 47.4 Å². The van der Waals surface area contributed by atoms with Gasteiger partial charge in [-0.3, -0.25) is 19.3 Å². The van der Waals surface area contributed by atoms with E-state index in [4.69, 9.17) is 4.74 Å². The van der Waals surface area contributed by atoms with Crippen molar-refractivity contribution >= 4 is 52.6 Å². The molecular weight excluding hydrogens is 595 g/mol. The lowest BCUT2D eigenvalue weighted by Gasteiger charge is -2.23. The Labute approximate surface area is 272 Å². The molecule has 0 heterocycles. The normalized spacial score (nSPS) is 10.9. The van der Waals surface area contributed by atoms with Gasteiger partial charge in [0, 0.05) is 27.5 Å². The lowest BCUT2D eigenvalue weighted by Crippen LogP contribution is -2.30. The summed E-state index contributed by atoms with van der Waals surface area (Å²) < 4.78 is 5.51. The molecule has 8 heteroatoms. The van der Waals surface area contributed by atoms with E-state index in [9.17, 15) is 14.4 Å². The van der Waals surface area contributed by atoms with Crippen LogP contribution in [0.1, 0.15) is 22.8 Å². The number of carbonyl (C=O) groups is 3. The summed E-state index contributed by atoms with van der Waals surface area (Å²) in [6.45, 7) is 2.45. The second-order valence-corrected chi connectivity index (χ2v) is 11.1. The molecule has 0 bridgehead atoms. The van der Waals surface area contributed by atoms with Crippen LogP contribution in [-0.2, 0) is 9.59 Å². The number of amides is 3. The summed E-state index contributed by atoms with van der Waals surface area (Å²) >= 11 is 1.41. The zero-order valence-corrected chi connectivity index (χ0v) is 26.1. The second-order valence-electron chi connectivity index (χ2n) is 10.0. The average molecular weight is 628 g/mol. The number of hydrogen-bond acceptors (Lipinski definition) is 5. The zero-order valence-electron chi connectivity index (χ0n) is 25.3. The second kappa shape index (κ2) is 15.9. The minimum absolute atomic E-state index is 0.0574. The molecule has 0 fully saturated rings. The maximum absolute atomic E-state index is 13.4. The molecule has 5 rings (SSSR count). The van der Waals surface area contributed by atoms with Crippen molar-refractivity contribution in [3.63, 3.8) is 0 Å². The van der Waals surface area contributed by atoms with Crippen LogP contribution in [0, 0.1) is 0 Å². The smallest absolute Gasteiger partial charge is 0.272 e. The first kappa shape index (κ1) is 31.8. The molecule has 0 spiro atoms. The van der Waals surface area contributed by atoms with Crippen molar-refractivity contribution in [2.45, 2.75) is 11.8 Å². The van der Waals surface area contributed by atoms with Crippen molar-refractivity contribution in [2.24, 2.45) is 0 Å². The van der Waals surface area contributed by atoms with Gasteiger partial charge in [-0.2, -0.15) is 0 Å². The summed E-state index contributed by atoms with van der Waals surface area (Å²) in [7, 11) is 0. The van der Waals surface area contributed by atoms with Gasteiger partial charge in [0.2, 0.25) is 5.91 Å². The number of nitrogens with zero attached hydrogens (tertiary/aromatic N) is 1. The van der Waals surface area contributed by atoms with Gasteiger partial charge in [0.1, 0.15) is 11.4 Å². The van der Waals surface area contributed by atoms with Crippen LogP contribution < -0.4 is 20.3 Å². The van der Waals surface area contributed by atoms with Gasteiger partial charge in [0.25, 0.3) is 11.8 Å². The molecule has 5 aromatic rings. The number of rotatable bonds is 12. The van der Waals surface area contributed by atoms with E-state index in [0.29, 0.717) is 23.6 Å². The van der Waals surface area contributed by atoms with E-state index >= 15 is 0 Å². The summed E-state index contributed by atoms with van der Waals surface area (Å²) in [5.74, 6) is -0.000291. The Morgan fingerprint density at radius 3 is 1.85 bits per heavy atom. The van der Waals surface area contributed by atoms with Gasteiger partial charge in [-0.25, -0.2) is 0 Å². The molecule has 0 atom stereocenters. The molecule has 230 valence electrons. The summed E-state index contributed by atoms with van der Waals surface area (Å²) in [6, 6.07) is 42.3.